The maximum atomic E-state index is 13.1. The molecule has 0 aliphatic carbocycles. The van der Waals surface area contributed by atoms with Crippen LogP contribution in [-0.2, 0) is 4.74 Å². The molecule has 2 saturated heterocycles. The average molecular weight is 320 g/mol. The minimum Gasteiger partial charge on any atom is -0.379 e. The highest BCUT2D eigenvalue weighted by Crippen LogP contribution is 2.28. The molecule has 2 atom stereocenters. The van der Waals surface area contributed by atoms with Gasteiger partial charge in [-0.25, -0.2) is 0 Å². The molecule has 2 aliphatic rings. The van der Waals surface area contributed by atoms with Gasteiger partial charge in [-0.05, 0) is 26.2 Å². The third-order valence-corrected chi connectivity index (χ3v) is 5.23. The highest BCUT2D eigenvalue weighted by molar-refractivity contribution is 5.97. The van der Waals surface area contributed by atoms with Crippen LogP contribution in [0, 0.1) is 6.92 Å². The van der Waals surface area contributed by atoms with Gasteiger partial charge in [0.05, 0.1) is 24.5 Å². The van der Waals surface area contributed by atoms with Gasteiger partial charge in [0.15, 0.2) is 0 Å². The van der Waals surface area contributed by atoms with Gasteiger partial charge in [-0.15, -0.1) is 0 Å². The van der Waals surface area contributed by atoms with Crippen molar-refractivity contribution in [3.8, 4) is 0 Å². The van der Waals surface area contributed by atoms with Crippen molar-refractivity contribution in [2.45, 2.75) is 52.1 Å². The van der Waals surface area contributed by atoms with Gasteiger partial charge in [-0.3, -0.25) is 14.8 Å². The van der Waals surface area contributed by atoms with Crippen molar-refractivity contribution in [3.63, 3.8) is 0 Å². The van der Waals surface area contributed by atoms with E-state index in [0.717, 1.165) is 56.2 Å². The minimum absolute atomic E-state index is 0.128. The Morgan fingerprint density at radius 2 is 2.00 bits per heavy atom. The molecule has 1 N–H and O–H groups in total. The molecule has 1 aromatic heterocycles. The summed E-state index contributed by atoms with van der Waals surface area (Å²) >= 11 is 0. The molecule has 0 unspecified atom stereocenters. The predicted molar refractivity (Wildman–Crippen MR) is 88.7 cm³/mol. The Labute approximate surface area is 138 Å². The molecule has 0 radical (unpaired) electrons. The Morgan fingerprint density at radius 1 is 1.30 bits per heavy atom. The lowest BCUT2D eigenvalue weighted by molar-refractivity contribution is 0.0104. The molecular weight excluding hydrogens is 292 g/mol. The summed E-state index contributed by atoms with van der Waals surface area (Å²) in [5.74, 6) is 0.370. The molecule has 1 aromatic rings. The lowest BCUT2D eigenvalue weighted by Crippen LogP contribution is -2.49. The molecule has 0 aromatic carbocycles. The third-order valence-electron chi connectivity index (χ3n) is 5.23. The number of aromatic nitrogens is 2. The summed E-state index contributed by atoms with van der Waals surface area (Å²) in [6.07, 6.45) is 1.04. The largest absolute Gasteiger partial charge is 0.379 e. The Kier molecular flexibility index (Phi) is 4.73. The van der Waals surface area contributed by atoms with E-state index in [0.29, 0.717) is 6.04 Å². The van der Waals surface area contributed by atoms with Crippen molar-refractivity contribution in [1.29, 1.82) is 0 Å². The number of aromatic amines is 1. The van der Waals surface area contributed by atoms with Crippen LogP contribution >= 0.6 is 0 Å². The summed E-state index contributed by atoms with van der Waals surface area (Å²) in [6.45, 7) is 12.6. The number of carbonyl (C=O) groups excluding carboxylic acids is 1. The first kappa shape index (κ1) is 16.5. The number of ether oxygens (including phenoxy) is 1. The van der Waals surface area contributed by atoms with Crippen LogP contribution in [0.3, 0.4) is 0 Å². The second-order valence-corrected chi connectivity index (χ2v) is 7.01. The van der Waals surface area contributed by atoms with E-state index >= 15 is 0 Å². The second kappa shape index (κ2) is 6.61. The van der Waals surface area contributed by atoms with E-state index in [-0.39, 0.29) is 17.9 Å². The number of aryl methyl sites for hydroxylation is 1. The summed E-state index contributed by atoms with van der Waals surface area (Å²) in [5, 5.41) is 7.33. The summed E-state index contributed by atoms with van der Waals surface area (Å²) in [7, 11) is 0. The number of hydrogen-bond donors (Lipinski definition) is 1. The van der Waals surface area contributed by atoms with Crippen LogP contribution in [0.1, 0.15) is 54.9 Å². The Bertz CT molecular complexity index is 563. The van der Waals surface area contributed by atoms with E-state index in [1.165, 1.54) is 0 Å². The second-order valence-electron chi connectivity index (χ2n) is 7.01. The monoisotopic (exact) mass is 320 g/mol. The molecule has 3 rings (SSSR count). The minimum atomic E-state index is 0.128. The van der Waals surface area contributed by atoms with Crippen molar-refractivity contribution in [1.82, 2.24) is 20.0 Å². The standard InChI is InChI=1S/C17H28N4O2/c1-11(2)16-15(12(3)18-19-16)17(22)21-6-5-14(13(21)4)20-7-9-23-10-8-20/h11,13-14H,5-10H2,1-4H3,(H,18,19)/t13-,14-/m1/s1. The first-order chi connectivity index (χ1) is 11.0. The van der Waals surface area contributed by atoms with Gasteiger partial charge in [0.2, 0.25) is 0 Å². The van der Waals surface area contributed by atoms with Gasteiger partial charge < -0.3 is 9.64 Å². The number of amides is 1. The van der Waals surface area contributed by atoms with Gasteiger partial charge in [0.1, 0.15) is 0 Å². The maximum Gasteiger partial charge on any atom is 0.257 e. The van der Waals surface area contributed by atoms with Crippen molar-refractivity contribution in [2.75, 3.05) is 32.8 Å². The molecule has 23 heavy (non-hydrogen) atoms. The fourth-order valence-electron chi connectivity index (χ4n) is 3.89. The van der Waals surface area contributed by atoms with Crippen LogP contribution in [0.5, 0.6) is 0 Å². The molecule has 0 bridgehead atoms. The van der Waals surface area contributed by atoms with E-state index < -0.39 is 0 Å². The number of morpholine rings is 1. The number of H-pyrrole nitrogens is 1. The van der Waals surface area contributed by atoms with Crippen molar-refractivity contribution in [3.05, 3.63) is 17.0 Å². The number of rotatable bonds is 3. The smallest absolute Gasteiger partial charge is 0.257 e. The van der Waals surface area contributed by atoms with Gasteiger partial charge in [-0.2, -0.15) is 5.10 Å². The van der Waals surface area contributed by atoms with Gasteiger partial charge in [0, 0.05) is 37.4 Å². The Hall–Kier alpha value is -1.40. The molecule has 6 heteroatoms. The quantitative estimate of drug-likeness (QED) is 0.922. The van der Waals surface area contributed by atoms with Crippen molar-refractivity contribution < 1.29 is 9.53 Å². The molecule has 2 fully saturated rings. The first-order valence-electron chi connectivity index (χ1n) is 8.68. The molecular formula is C17H28N4O2. The van der Waals surface area contributed by atoms with Crippen molar-refractivity contribution >= 4 is 5.91 Å². The van der Waals surface area contributed by atoms with Gasteiger partial charge >= 0.3 is 0 Å². The topological polar surface area (TPSA) is 61.5 Å². The molecule has 0 saturated carbocycles. The van der Waals surface area contributed by atoms with Crippen LogP contribution in [0.4, 0.5) is 0 Å². The lowest BCUT2D eigenvalue weighted by atomic mass is 10.0. The fourth-order valence-corrected chi connectivity index (χ4v) is 3.89. The number of carbonyl (C=O) groups is 1. The summed E-state index contributed by atoms with van der Waals surface area (Å²) in [4.78, 5) is 17.6. The normalized spacial score (nSPS) is 26.2. The van der Waals surface area contributed by atoms with Crippen LogP contribution in [0.2, 0.25) is 0 Å². The van der Waals surface area contributed by atoms with E-state index in [4.69, 9.17) is 4.74 Å². The lowest BCUT2D eigenvalue weighted by Gasteiger charge is -2.35. The van der Waals surface area contributed by atoms with Crippen LogP contribution in [0.15, 0.2) is 0 Å². The molecule has 3 heterocycles. The number of nitrogens with zero attached hydrogens (tertiary/aromatic N) is 3. The van der Waals surface area contributed by atoms with Gasteiger partial charge in [-0.1, -0.05) is 13.8 Å². The third kappa shape index (κ3) is 3.02. The van der Waals surface area contributed by atoms with E-state index in [2.05, 4.69) is 35.9 Å². The van der Waals surface area contributed by atoms with E-state index in [1.54, 1.807) is 0 Å². The van der Waals surface area contributed by atoms with Crippen LogP contribution in [0.25, 0.3) is 0 Å². The molecule has 6 nitrogen and oxygen atoms in total. The Morgan fingerprint density at radius 3 is 2.65 bits per heavy atom. The Balaban J connectivity index is 1.77. The van der Waals surface area contributed by atoms with E-state index in [1.807, 2.05) is 11.8 Å². The fraction of sp³-hybridized carbons (Fsp3) is 0.765. The van der Waals surface area contributed by atoms with Gasteiger partial charge in [0.25, 0.3) is 5.91 Å². The predicted octanol–water partition coefficient (Wildman–Crippen LogP) is 1.78. The zero-order valence-corrected chi connectivity index (χ0v) is 14.6. The zero-order chi connectivity index (χ0) is 16.6. The van der Waals surface area contributed by atoms with Crippen LogP contribution < -0.4 is 0 Å². The highest BCUT2D eigenvalue weighted by Gasteiger charge is 2.39. The summed E-state index contributed by atoms with van der Waals surface area (Å²) in [6, 6.07) is 0.674. The summed E-state index contributed by atoms with van der Waals surface area (Å²) < 4.78 is 5.45. The molecule has 0 spiro atoms. The molecule has 1 amide bonds. The zero-order valence-electron chi connectivity index (χ0n) is 14.6. The number of likely N-dealkylation sites (tertiary alicyclic amines) is 1. The van der Waals surface area contributed by atoms with Crippen molar-refractivity contribution in [2.24, 2.45) is 0 Å². The number of hydrogen-bond acceptors (Lipinski definition) is 4. The first-order valence-corrected chi connectivity index (χ1v) is 8.68. The number of nitrogens with one attached hydrogen (secondary N) is 1. The maximum absolute atomic E-state index is 13.1. The highest BCUT2D eigenvalue weighted by atomic mass is 16.5. The molecule has 128 valence electrons. The molecule has 2 aliphatic heterocycles. The van der Waals surface area contributed by atoms with Crippen LogP contribution in [-0.4, -0.2) is 70.8 Å². The average Bonchev–Trinajstić information content (AvgIpc) is 3.11. The van der Waals surface area contributed by atoms with E-state index in [9.17, 15) is 4.79 Å². The SMILES string of the molecule is Cc1[nH]nc(C(C)C)c1C(=O)N1CC[C@@H](N2CCOCC2)[C@H]1C. The summed E-state index contributed by atoms with van der Waals surface area (Å²) in [5.41, 5.74) is 2.53.